The van der Waals surface area contributed by atoms with Gasteiger partial charge in [-0.15, -0.1) is 10.2 Å². The molecule has 94 valence electrons. The maximum atomic E-state index is 5.70. The summed E-state index contributed by atoms with van der Waals surface area (Å²) in [6, 6.07) is 9.79. The number of benzene rings is 1. The van der Waals surface area contributed by atoms with E-state index in [2.05, 4.69) is 41.2 Å². The highest BCUT2D eigenvalue weighted by atomic mass is 16.4. The van der Waals surface area contributed by atoms with Crippen molar-refractivity contribution in [3.8, 4) is 22.9 Å². The Morgan fingerprint density at radius 1 is 0.789 bits per heavy atom. The Balaban J connectivity index is 1.99. The van der Waals surface area contributed by atoms with Crippen LogP contribution in [0.5, 0.6) is 0 Å². The Hall–Kier alpha value is -2.49. The zero-order valence-corrected chi connectivity index (χ0v) is 10.8. The molecule has 2 aromatic heterocycles. The molecule has 0 spiro atoms. The fourth-order valence-electron chi connectivity index (χ4n) is 1.83. The van der Waals surface area contributed by atoms with E-state index in [9.17, 15) is 0 Å². The van der Waals surface area contributed by atoms with E-state index in [0.717, 1.165) is 11.1 Å². The molecule has 4 nitrogen and oxygen atoms in total. The Bertz CT molecular complexity index is 704. The number of rotatable bonds is 2. The van der Waals surface area contributed by atoms with E-state index >= 15 is 0 Å². The van der Waals surface area contributed by atoms with Crippen molar-refractivity contribution in [2.24, 2.45) is 0 Å². The summed E-state index contributed by atoms with van der Waals surface area (Å²) in [5, 5.41) is 8.17. The SMILES string of the molecule is Cc1ccc(-c2nnc(-c3ccncc3)o2)cc1C. The minimum absolute atomic E-state index is 0.510. The van der Waals surface area contributed by atoms with E-state index in [1.807, 2.05) is 18.2 Å². The van der Waals surface area contributed by atoms with Crippen LogP contribution in [0.25, 0.3) is 22.9 Å². The first-order valence-corrected chi connectivity index (χ1v) is 6.05. The van der Waals surface area contributed by atoms with Gasteiger partial charge in [-0.2, -0.15) is 0 Å². The summed E-state index contributed by atoms with van der Waals surface area (Å²) in [4.78, 5) is 3.97. The fourth-order valence-corrected chi connectivity index (χ4v) is 1.83. The van der Waals surface area contributed by atoms with Gasteiger partial charge in [-0.3, -0.25) is 4.98 Å². The number of hydrogen-bond acceptors (Lipinski definition) is 4. The number of pyridine rings is 1. The Labute approximate surface area is 111 Å². The highest BCUT2D eigenvalue weighted by Gasteiger charge is 2.10. The molecule has 3 aromatic rings. The molecule has 1 aromatic carbocycles. The molecule has 0 bridgehead atoms. The van der Waals surface area contributed by atoms with Gasteiger partial charge in [0.1, 0.15) is 0 Å². The molecular formula is C15H13N3O. The molecule has 0 aliphatic rings. The second kappa shape index (κ2) is 4.65. The van der Waals surface area contributed by atoms with Gasteiger partial charge in [0.25, 0.3) is 0 Å². The number of aromatic nitrogens is 3. The molecule has 0 aliphatic carbocycles. The second-order valence-corrected chi connectivity index (χ2v) is 4.45. The molecule has 0 fully saturated rings. The van der Waals surface area contributed by atoms with Crippen LogP contribution in [0.4, 0.5) is 0 Å². The zero-order valence-electron chi connectivity index (χ0n) is 10.8. The van der Waals surface area contributed by atoms with Crippen molar-refractivity contribution >= 4 is 0 Å². The van der Waals surface area contributed by atoms with E-state index in [4.69, 9.17) is 4.42 Å². The first-order chi connectivity index (χ1) is 9.24. The lowest BCUT2D eigenvalue weighted by Crippen LogP contribution is -1.83. The van der Waals surface area contributed by atoms with Crippen LogP contribution in [-0.2, 0) is 0 Å². The van der Waals surface area contributed by atoms with E-state index in [0.29, 0.717) is 11.8 Å². The van der Waals surface area contributed by atoms with Gasteiger partial charge in [0.05, 0.1) is 0 Å². The predicted molar refractivity (Wildman–Crippen MR) is 72.4 cm³/mol. The number of nitrogens with zero attached hydrogens (tertiary/aromatic N) is 3. The summed E-state index contributed by atoms with van der Waals surface area (Å²) in [6.45, 7) is 4.15. The van der Waals surface area contributed by atoms with Crippen LogP contribution in [-0.4, -0.2) is 15.2 Å². The quantitative estimate of drug-likeness (QED) is 0.700. The molecule has 0 N–H and O–H groups in total. The van der Waals surface area contributed by atoms with Crippen molar-refractivity contribution in [1.29, 1.82) is 0 Å². The lowest BCUT2D eigenvalue weighted by atomic mass is 10.1. The Morgan fingerprint density at radius 3 is 2.16 bits per heavy atom. The highest BCUT2D eigenvalue weighted by Crippen LogP contribution is 2.24. The van der Waals surface area contributed by atoms with E-state index in [1.54, 1.807) is 12.4 Å². The minimum Gasteiger partial charge on any atom is -0.416 e. The van der Waals surface area contributed by atoms with Crippen LogP contribution in [0.1, 0.15) is 11.1 Å². The molecule has 19 heavy (non-hydrogen) atoms. The molecule has 0 aliphatic heterocycles. The predicted octanol–water partition coefficient (Wildman–Crippen LogP) is 3.42. The van der Waals surface area contributed by atoms with Gasteiger partial charge in [0.2, 0.25) is 11.8 Å². The van der Waals surface area contributed by atoms with Crippen molar-refractivity contribution in [2.75, 3.05) is 0 Å². The number of hydrogen-bond donors (Lipinski definition) is 0. The van der Waals surface area contributed by atoms with E-state index in [-0.39, 0.29) is 0 Å². The molecule has 3 rings (SSSR count). The van der Waals surface area contributed by atoms with Crippen molar-refractivity contribution in [2.45, 2.75) is 13.8 Å². The highest BCUT2D eigenvalue weighted by molar-refractivity contribution is 5.58. The molecule has 0 radical (unpaired) electrons. The molecule has 0 saturated heterocycles. The zero-order chi connectivity index (χ0) is 13.2. The Kier molecular flexibility index (Phi) is 2.83. The topological polar surface area (TPSA) is 51.8 Å². The largest absolute Gasteiger partial charge is 0.416 e. The third kappa shape index (κ3) is 2.25. The van der Waals surface area contributed by atoms with E-state index < -0.39 is 0 Å². The lowest BCUT2D eigenvalue weighted by molar-refractivity contribution is 0.584. The monoisotopic (exact) mass is 251 g/mol. The first kappa shape index (κ1) is 11.6. The van der Waals surface area contributed by atoms with Gasteiger partial charge >= 0.3 is 0 Å². The van der Waals surface area contributed by atoms with Crippen LogP contribution < -0.4 is 0 Å². The normalized spacial score (nSPS) is 10.6. The summed E-state index contributed by atoms with van der Waals surface area (Å²) in [5.41, 5.74) is 4.27. The van der Waals surface area contributed by atoms with Gasteiger partial charge < -0.3 is 4.42 Å². The fraction of sp³-hybridized carbons (Fsp3) is 0.133. The average molecular weight is 251 g/mol. The maximum absolute atomic E-state index is 5.70. The molecule has 0 atom stereocenters. The van der Waals surface area contributed by atoms with Crippen molar-refractivity contribution < 1.29 is 4.42 Å². The second-order valence-electron chi connectivity index (χ2n) is 4.45. The third-order valence-corrected chi connectivity index (χ3v) is 3.11. The molecule has 0 saturated carbocycles. The van der Waals surface area contributed by atoms with Crippen LogP contribution in [0.15, 0.2) is 47.1 Å². The average Bonchev–Trinajstić information content (AvgIpc) is 2.93. The van der Waals surface area contributed by atoms with Gasteiger partial charge in [-0.05, 0) is 49.2 Å². The van der Waals surface area contributed by atoms with Gasteiger partial charge in [0, 0.05) is 23.5 Å². The van der Waals surface area contributed by atoms with E-state index in [1.165, 1.54) is 11.1 Å². The third-order valence-electron chi connectivity index (χ3n) is 3.11. The molecule has 0 unspecified atom stereocenters. The molecule has 2 heterocycles. The van der Waals surface area contributed by atoms with Crippen molar-refractivity contribution in [3.63, 3.8) is 0 Å². The summed E-state index contributed by atoms with van der Waals surface area (Å²) >= 11 is 0. The van der Waals surface area contributed by atoms with Crippen molar-refractivity contribution in [3.05, 3.63) is 53.9 Å². The molecule has 4 heteroatoms. The first-order valence-electron chi connectivity index (χ1n) is 6.05. The van der Waals surface area contributed by atoms with Crippen LogP contribution >= 0.6 is 0 Å². The van der Waals surface area contributed by atoms with Gasteiger partial charge in [-0.1, -0.05) is 6.07 Å². The lowest BCUT2D eigenvalue weighted by Gasteiger charge is -2.00. The Morgan fingerprint density at radius 2 is 1.47 bits per heavy atom. The standard InChI is InChI=1S/C15H13N3O/c1-10-3-4-13(9-11(10)2)15-18-17-14(19-15)12-5-7-16-8-6-12/h3-9H,1-2H3. The van der Waals surface area contributed by atoms with Gasteiger partial charge in [-0.25, -0.2) is 0 Å². The maximum Gasteiger partial charge on any atom is 0.248 e. The van der Waals surface area contributed by atoms with Crippen LogP contribution in [0.3, 0.4) is 0 Å². The number of aryl methyl sites for hydroxylation is 2. The summed E-state index contributed by atoms with van der Waals surface area (Å²) in [6.07, 6.45) is 3.41. The van der Waals surface area contributed by atoms with Gasteiger partial charge in [0.15, 0.2) is 0 Å². The molecule has 0 amide bonds. The summed E-state index contributed by atoms with van der Waals surface area (Å²) in [7, 11) is 0. The van der Waals surface area contributed by atoms with Crippen molar-refractivity contribution in [1.82, 2.24) is 15.2 Å². The molecular weight excluding hydrogens is 238 g/mol. The summed E-state index contributed by atoms with van der Waals surface area (Å²) in [5.74, 6) is 1.05. The summed E-state index contributed by atoms with van der Waals surface area (Å²) < 4.78 is 5.70. The van der Waals surface area contributed by atoms with Crippen LogP contribution in [0.2, 0.25) is 0 Å². The minimum atomic E-state index is 0.510. The smallest absolute Gasteiger partial charge is 0.248 e. The van der Waals surface area contributed by atoms with Crippen LogP contribution in [0, 0.1) is 13.8 Å².